The third kappa shape index (κ3) is 4.47. The lowest BCUT2D eigenvalue weighted by molar-refractivity contribution is 1.06. The molecule has 0 saturated heterocycles. The molecule has 3 aromatic heterocycles. The van der Waals surface area contributed by atoms with Gasteiger partial charge in [0.15, 0.2) is 11.6 Å². The van der Waals surface area contributed by atoms with Crippen molar-refractivity contribution in [2.24, 2.45) is 0 Å². The summed E-state index contributed by atoms with van der Waals surface area (Å²) in [6.07, 6.45) is 1.60. The fourth-order valence-corrected chi connectivity index (χ4v) is 7.19. The van der Waals surface area contributed by atoms with Gasteiger partial charge < -0.3 is 4.57 Å². The number of rotatable bonds is 5. The highest BCUT2D eigenvalue weighted by atomic mass is 32.1. The van der Waals surface area contributed by atoms with Crippen LogP contribution in [0.3, 0.4) is 0 Å². The summed E-state index contributed by atoms with van der Waals surface area (Å²) >= 11 is 1.73. The van der Waals surface area contributed by atoms with Crippen LogP contribution in [-0.4, -0.2) is 24.5 Å². The molecule has 6 aromatic carbocycles. The molecule has 6 heteroatoms. The molecular weight excluding hydrogens is 583 g/mol. The normalized spacial score (nSPS) is 11.5. The number of benzene rings is 6. The Morgan fingerprint density at radius 3 is 1.89 bits per heavy atom. The predicted molar refractivity (Wildman–Crippen MR) is 189 cm³/mol. The van der Waals surface area contributed by atoms with Crippen LogP contribution in [0.15, 0.2) is 152 Å². The van der Waals surface area contributed by atoms with Gasteiger partial charge in [-0.25, -0.2) is 19.9 Å². The highest BCUT2D eigenvalue weighted by Gasteiger charge is 2.19. The van der Waals surface area contributed by atoms with Crippen molar-refractivity contribution in [3.8, 4) is 50.2 Å². The second-order valence-corrected chi connectivity index (χ2v) is 12.2. The van der Waals surface area contributed by atoms with Crippen molar-refractivity contribution in [3.63, 3.8) is 0 Å². The van der Waals surface area contributed by atoms with Gasteiger partial charge in [0.2, 0.25) is 0 Å². The smallest absolute Gasteiger partial charge is 0.165 e. The van der Waals surface area contributed by atoms with Gasteiger partial charge >= 0.3 is 0 Å². The van der Waals surface area contributed by atoms with Gasteiger partial charge in [-0.05, 0) is 65.7 Å². The number of thiazole rings is 1. The van der Waals surface area contributed by atoms with Crippen molar-refractivity contribution in [2.75, 3.05) is 0 Å². The predicted octanol–water partition coefficient (Wildman–Crippen LogP) is 10.2. The van der Waals surface area contributed by atoms with Crippen LogP contribution in [0.5, 0.6) is 0 Å². The summed E-state index contributed by atoms with van der Waals surface area (Å²) < 4.78 is 3.52. The maximum Gasteiger partial charge on any atom is 0.165 e. The van der Waals surface area contributed by atoms with Crippen molar-refractivity contribution in [1.82, 2.24) is 24.5 Å². The molecule has 0 radical (unpaired) electrons. The van der Waals surface area contributed by atoms with E-state index in [-0.39, 0.29) is 0 Å². The molecule has 0 amide bonds. The third-order valence-corrected chi connectivity index (χ3v) is 9.49. The Balaban J connectivity index is 1.28. The van der Waals surface area contributed by atoms with Gasteiger partial charge in [0.25, 0.3) is 0 Å². The fourth-order valence-electron chi connectivity index (χ4n) is 6.23. The number of hydrogen-bond acceptors (Lipinski definition) is 5. The molecular formula is C40H25N5S. The lowest BCUT2D eigenvalue weighted by Crippen LogP contribution is -2.01. The molecule has 46 heavy (non-hydrogen) atoms. The van der Waals surface area contributed by atoms with E-state index in [4.69, 9.17) is 9.97 Å². The molecule has 9 aromatic rings. The van der Waals surface area contributed by atoms with E-state index in [9.17, 15) is 0 Å². The molecule has 0 aliphatic rings. The van der Waals surface area contributed by atoms with Crippen molar-refractivity contribution in [2.45, 2.75) is 0 Å². The first-order valence-electron chi connectivity index (χ1n) is 15.1. The summed E-state index contributed by atoms with van der Waals surface area (Å²) in [5.74, 6) is 1.28. The summed E-state index contributed by atoms with van der Waals surface area (Å²) in [5, 5.41) is 3.36. The lowest BCUT2D eigenvalue weighted by atomic mass is 10.0. The first-order valence-corrected chi connectivity index (χ1v) is 16.0. The minimum atomic E-state index is 0.631. The van der Waals surface area contributed by atoms with E-state index in [1.54, 1.807) is 17.7 Å². The van der Waals surface area contributed by atoms with Crippen molar-refractivity contribution < 1.29 is 0 Å². The van der Waals surface area contributed by atoms with Crippen LogP contribution >= 0.6 is 11.3 Å². The molecule has 0 N–H and O–H groups in total. The molecule has 0 unspecified atom stereocenters. The maximum absolute atomic E-state index is 4.98. The van der Waals surface area contributed by atoms with Crippen LogP contribution < -0.4 is 0 Å². The van der Waals surface area contributed by atoms with E-state index in [1.807, 2.05) is 42.5 Å². The van der Waals surface area contributed by atoms with Gasteiger partial charge in [0.05, 0.1) is 26.9 Å². The summed E-state index contributed by atoms with van der Waals surface area (Å²) in [5.41, 5.74) is 9.61. The van der Waals surface area contributed by atoms with Crippen LogP contribution in [0.1, 0.15) is 0 Å². The molecule has 0 spiro atoms. The highest BCUT2D eigenvalue weighted by molar-refractivity contribution is 7.21. The van der Waals surface area contributed by atoms with Gasteiger partial charge in [-0.15, -0.1) is 11.3 Å². The standard InChI is InChI=1S/C40H25N5S/c1-3-11-26(12-4-1)28-19-21-35-31(23-28)32-24-29(40-43-33-16-8-10-18-37(33)46-40)20-22-36(32)45(35)34-17-9-7-15-30(34)39-42-25-41-38(44-39)27-13-5-2-6-14-27/h1-25H. The Morgan fingerprint density at radius 2 is 1.11 bits per heavy atom. The van der Waals surface area contributed by atoms with E-state index in [2.05, 4.69) is 118 Å². The molecule has 9 rings (SSSR count). The number of para-hydroxylation sites is 2. The Hall–Kier alpha value is -5.98. The first-order chi connectivity index (χ1) is 22.8. The van der Waals surface area contributed by atoms with E-state index >= 15 is 0 Å². The summed E-state index contributed by atoms with van der Waals surface area (Å²) in [6.45, 7) is 0. The molecule has 5 nitrogen and oxygen atoms in total. The Morgan fingerprint density at radius 1 is 0.478 bits per heavy atom. The largest absolute Gasteiger partial charge is 0.309 e. The van der Waals surface area contributed by atoms with Crippen LogP contribution in [0.4, 0.5) is 0 Å². The molecule has 0 aliphatic heterocycles. The van der Waals surface area contributed by atoms with Gasteiger partial charge in [-0.1, -0.05) is 91.0 Å². The molecule has 0 aliphatic carbocycles. The van der Waals surface area contributed by atoms with Gasteiger partial charge in [-0.3, -0.25) is 0 Å². The van der Waals surface area contributed by atoms with Crippen molar-refractivity contribution in [3.05, 3.63) is 152 Å². The molecule has 3 heterocycles. The number of hydrogen-bond donors (Lipinski definition) is 0. The van der Waals surface area contributed by atoms with E-state index in [0.29, 0.717) is 11.6 Å². The number of aromatic nitrogens is 5. The lowest BCUT2D eigenvalue weighted by Gasteiger charge is -2.13. The van der Waals surface area contributed by atoms with E-state index in [0.717, 1.165) is 43.9 Å². The topological polar surface area (TPSA) is 56.5 Å². The number of nitrogens with zero attached hydrogens (tertiary/aromatic N) is 5. The van der Waals surface area contributed by atoms with E-state index in [1.165, 1.54) is 26.6 Å². The van der Waals surface area contributed by atoms with Crippen LogP contribution in [0.25, 0.3) is 82.2 Å². The Kier molecular flexibility index (Phi) is 6.25. The van der Waals surface area contributed by atoms with E-state index < -0.39 is 0 Å². The van der Waals surface area contributed by atoms with Crippen LogP contribution in [0, 0.1) is 0 Å². The van der Waals surface area contributed by atoms with Crippen molar-refractivity contribution >= 4 is 43.4 Å². The van der Waals surface area contributed by atoms with Crippen LogP contribution in [0.2, 0.25) is 0 Å². The molecule has 0 saturated carbocycles. The second kappa shape index (κ2) is 10.9. The summed E-state index contributed by atoms with van der Waals surface area (Å²) in [7, 11) is 0. The zero-order chi connectivity index (χ0) is 30.5. The number of fused-ring (bicyclic) bond motifs is 4. The fraction of sp³-hybridized carbons (Fsp3) is 0. The first kappa shape index (κ1) is 26.4. The van der Waals surface area contributed by atoms with Crippen LogP contribution in [-0.2, 0) is 0 Å². The monoisotopic (exact) mass is 607 g/mol. The Bertz CT molecular complexity index is 2500. The van der Waals surface area contributed by atoms with Crippen molar-refractivity contribution in [1.29, 1.82) is 0 Å². The minimum absolute atomic E-state index is 0.631. The summed E-state index contributed by atoms with van der Waals surface area (Å²) in [6, 6.07) is 50.7. The van der Waals surface area contributed by atoms with Gasteiger partial charge in [0.1, 0.15) is 11.3 Å². The summed E-state index contributed by atoms with van der Waals surface area (Å²) in [4.78, 5) is 19.0. The second-order valence-electron chi connectivity index (χ2n) is 11.2. The zero-order valence-corrected chi connectivity index (χ0v) is 25.4. The van der Waals surface area contributed by atoms with Gasteiger partial charge in [0, 0.05) is 27.5 Å². The average molecular weight is 608 g/mol. The average Bonchev–Trinajstić information content (AvgIpc) is 3.71. The molecule has 216 valence electrons. The Labute approximate surface area is 269 Å². The third-order valence-electron chi connectivity index (χ3n) is 8.40. The minimum Gasteiger partial charge on any atom is -0.309 e. The quantitative estimate of drug-likeness (QED) is 0.195. The zero-order valence-electron chi connectivity index (χ0n) is 24.6. The van der Waals surface area contributed by atoms with Gasteiger partial charge in [-0.2, -0.15) is 0 Å². The SMILES string of the molecule is c1ccc(-c2ccc3c(c2)c2cc(-c4nc5ccccc5s4)ccc2n3-c2ccccc2-c2ncnc(-c3ccccc3)n2)cc1. The molecule has 0 fully saturated rings. The maximum atomic E-state index is 4.98. The highest BCUT2D eigenvalue weighted by Crippen LogP contribution is 2.40. The molecule has 0 bridgehead atoms. The molecule has 0 atom stereocenters.